The van der Waals surface area contributed by atoms with E-state index in [1.807, 2.05) is 36.4 Å². The molecule has 0 aliphatic heterocycles. The van der Waals surface area contributed by atoms with Gasteiger partial charge in [0.1, 0.15) is 0 Å². The molecule has 0 aliphatic rings. The van der Waals surface area contributed by atoms with Crippen LogP contribution in [0.2, 0.25) is 0 Å². The Kier molecular flexibility index (Phi) is 3.24. The van der Waals surface area contributed by atoms with E-state index in [9.17, 15) is 4.79 Å². The summed E-state index contributed by atoms with van der Waals surface area (Å²) < 4.78 is 1.17. The number of hydrogen-bond acceptors (Lipinski definition) is 2. The molecule has 0 saturated heterocycles. The van der Waals surface area contributed by atoms with Gasteiger partial charge in [-0.05, 0) is 46.4 Å². The summed E-state index contributed by atoms with van der Waals surface area (Å²) >= 11 is 2.25. The lowest BCUT2D eigenvalue weighted by molar-refractivity contribution is 0.112. The number of rotatable bonds is 2. The molecule has 16 heavy (non-hydrogen) atoms. The van der Waals surface area contributed by atoms with Crippen LogP contribution in [-0.2, 0) is 0 Å². The van der Waals surface area contributed by atoms with E-state index < -0.39 is 0 Å². The number of anilines is 1. The van der Waals surface area contributed by atoms with Crippen LogP contribution in [0.4, 0.5) is 5.69 Å². The van der Waals surface area contributed by atoms with Gasteiger partial charge in [0.15, 0.2) is 6.29 Å². The van der Waals surface area contributed by atoms with Crippen LogP contribution >= 0.6 is 22.6 Å². The fraction of sp³-hybridized carbons (Fsp3) is 0. The zero-order valence-corrected chi connectivity index (χ0v) is 10.6. The minimum atomic E-state index is 0.538. The van der Waals surface area contributed by atoms with Crippen LogP contribution in [0.1, 0.15) is 10.4 Å². The molecule has 2 aromatic carbocycles. The Morgan fingerprint density at radius 3 is 2.38 bits per heavy atom. The highest BCUT2D eigenvalue weighted by Crippen LogP contribution is 2.28. The lowest BCUT2D eigenvalue weighted by atomic mass is 10.0. The Labute approximate surface area is 108 Å². The molecule has 80 valence electrons. The van der Waals surface area contributed by atoms with Gasteiger partial charge in [-0.25, -0.2) is 0 Å². The van der Waals surface area contributed by atoms with Crippen molar-refractivity contribution in [1.29, 1.82) is 0 Å². The van der Waals surface area contributed by atoms with E-state index in [-0.39, 0.29) is 0 Å². The van der Waals surface area contributed by atoms with Crippen LogP contribution < -0.4 is 5.73 Å². The van der Waals surface area contributed by atoms with Crippen molar-refractivity contribution in [3.63, 3.8) is 0 Å². The summed E-state index contributed by atoms with van der Waals surface area (Å²) in [5, 5.41) is 0. The first-order valence-corrected chi connectivity index (χ1v) is 5.90. The Hall–Kier alpha value is -1.36. The van der Waals surface area contributed by atoms with Crippen molar-refractivity contribution < 1.29 is 4.79 Å². The molecule has 0 bridgehead atoms. The zero-order chi connectivity index (χ0) is 11.5. The molecule has 2 N–H and O–H groups in total. The van der Waals surface area contributed by atoms with Gasteiger partial charge in [0.05, 0.1) is 0 Å². The third kappa shape index (κ3) is 2.09. The molecule has 0 radical (unpaired) electrons. The summed E-state index contributed by atoms with van der Waals surface area (Å²) in [4.78, 5) is 10.8. The van der Waals surface area contributed by atoms with Gasteiger partial charge in [0.2, 0.25) is 0 Å². The number of nitrogen functional groups attached to an aromatic ring is 1. The van der Waals surface area contributed by atoms with E-state index in [0.717, 1.165) is 17.4 Å². The molecule has 0 atom stereocenters. The van der Waals surface area contributed by atoms with Gasteiger partial charge in [-0.15, -0.1) is 0 Å². The van der Waals surface area contributed by atoms with Gasteiger partial charge < -0.3 is 5.73 Å². The lowest BCUT2D eigenvalue weighted by Crippen LogP contribution is -1.95. The second-order valence-corrected chi connectivity index (χ2v) is 4.68. The standard InChI is InChI=1S/C13H10INO/c14-11-6-4-9(5-7-11)12-3-1-2-10(8-16)13(12)15/h1-8H,15H2. The Morgan fingerprint density at radius 2 is 1.75 bits per heavy atom. The normalized spacial score (nSPS) is 10.1. The Morgan fingerprint density at radius 1 is 1.06 bits per heavy atom. The van der Waals surface area contributed by atoms with E-state index in [1.54, 1.807) is 6.07 Å². The number of halogens is 1. The van der Waals surface area contributed by atoms with Crippen LogP contribution in [0.5, 0.6) is 0 Å². The predicted octanol–water partition coefficient (Wildman–Crippen LogP) is 3.35. The first kappa shape index (κ1) is 11.1. The topological polar surface area (TPSA) is 43.1 Å². The Bertz CT molecular complexity index is 520. The molecule has 0 spiro atoms. The molecule has 0 aromatic heterocycles. The number of nitrogens with two attached hydrogens (primary N) is 1. The highest BCUT2D eigenvalue weighted by atomic mass is 127. The summed E-state index contributed by atoms with van der Waals surface area (Å²) in [5.74, 6) is 0. The zero-order valence-electron chi connectivity index (χ0n) is 8.48. The SMILES string of the molecule is Nc1c(C=O)cccc1-c1ccc(I)cc1. The number of carbonyl (C=O) groups excluding carboxylic acids is 1. The molecule has 0 fully saturated rings. The molecular weight excluding hydrogens is 313 g/mol. The number of carbonyl (C=O) groups is 1. The molecule has 2 aromatic rings. The summed E-state index contributed by atoms with van der Waals surface area (Å²) in [5.41, 5.74) is 8.94. The molecule has 0 heterocycles. The first-order chi connectivity index (χ1) is 7.72. The highest BCUT2D eigenvalue weighted by molar-refractivity contribution is 14.1. The monoisotopic (exact) mass is 323 g/mol. The molecule has 2 nitrogen and oxygen atoms in total. The quantitative estimate of drug-likeness (QED) is 0.523. The fourth-order valence-corrected chi connectivity index (χ4v) is 1.93. The molecule has 0 aliphatic carbocycles. The van der Waals surface area contributed by atoms with Gasteiger partial charge >= 0.3 is 0 Å². The number of hydrogen-bond donors (Lipinski definition) is 1. The fourth-order valence-electron chi connectivity index (χ4n) is 1.57. The highest BCUT2D eigenvalue weighted by Gasteiger charge is 2.05. The first-order valence-electron chi connectivity index (χ1n) is 4.82. The second-order valence-electron chi connectivity index (χ2n) is 3.43. The van der Waals surface area contributed by atoms with Gasteiger partial charge in [-0.1, -0.05) is 24.3 Å². The number of aldehydes is 1. The largest absolute Gasteiger partial charge is 0.398 e. The van der Waals surface area contributed by atoms with E-state index in [1.165, 1.54) is 3.57 Å². The second kappa shape index (κ2) is 4.65. The molecular formula is C13H10INO. The van der Waals surface area contributed by atoms with E-state index in [4.69, 9.17) is 5.73 Å². The van der Waals surface area contributed by atoms with Gasteiger partial charge in [0.25, 0.3) is 0 Å². The van der Waals surface area contributed by atoms with Crippen LogP contribution in [0.3, 0.4) is 0 Å². The molecule has 0 saturated carbocycles. The van der Waals surface area contributed by atoms with Crippen molar-refractivity contribution >= 4 is 34.6 Å². The third-order valence-corrected chi connectivity index (χ3v) is 3.14. The average Bonchev–Trinajstić information content (AvgIpc) is 2.31. The number of benzene rings is 2. The molecule has 3 heteroatoms. The minimum Gasteiger partial charge on any atom is -0.398 e. The maximum atomic E-state index is 10.8. The smallest absolute Gasteiger partial charge is 0.152 e. The summed E-state index contributed by atoms with van der Waals surface area (Å²) in [6.45, 7) is 0. The van der Waals surface area contributed by atoms with Gasteiger partial charge in [-0.2, -0.15) is 0 Å². The third-order valence-electron chi connectivity index (χ3n) is 2.42. The van der Waals surface area contributed by atoms with Crippen LogP contribution in [-0.4, -0.2) is 6.29 Å². The van der Waals surface area contributed by atoms with Crippen molar-refractivity contribution in [2.24, 2.45) is 0 Å². The van der Waals surface area contributed by atoms with Crippen molar-refractivity contribution in [2.45, 2.75) is 0 Å². The van der Waals surface area contributed by atoms with Crippen LogP contribution in [0.15, 0.2) is 42.5 Å². The Balaban J connectivity index is 2.56. The van der Waals surface area contributed by atoms with Crippen molar-refractivity contribution in [3.05, 3.63) is 51.6 Å². The van der Waals surface area contributed by atoms with E-state index in [0.29, 0.717) is 11.3 Å². The lowest BCUT2D eigenvalue weighted by Gasteiger charge is -2.07. The van der Waals surface area contributed by atoms with Crippen LogP contribution in [0, 0.1) is 3.57 Å². The van der Waals surface area contributed by atoms with E-state index >= 15 is 0 Å². The van der Waals surface area contributed by atoms with Crippen molar-refractivity contribution in [3.8, 4) is 11.1 Å². The molecule has 0 amide bonds. The minimum absolute atomic E-state index is 0.538. The maximum absolute atomic E-state index is 10.8. The number of para-hydroxylation sites is 1. The predicted molar refractivity (Wildman–Crippen MR) is 74.4 cm³/mol. The maximum Gasteiger partial charge on any atom is 0.152 e. The van der Waals surface area contributed by atoms with Crippen LogP contribution in [0.25, 0.3) is 11.1 Å². The summed E-state index contributed by atoms with van der Waals surface area (Å²) in [7, 11) is 0. The molecule has 2 rings (SSSR count). The van der Waals surface area contributed by atoms with Gasteiger partial charge in [0, 0.05) is 20.4 Å². The van der Waals surface area contributed by atoms with Crippen molar-refractivity contribution in [1.82, 2.24) is 0 Å². The summed E-state index contributed by atoms with van der Waals surface area (Å²) in [6.07, 6.45) is 0.783. The van der Waals surface area contributed by atoms with E-state index in [2.05, 4.69) is 22.6 Å². The average molecular weight is 323 g/mol. The molecule has 0 unspecified atom stereocenters. The van der Waals surface area contributed by atoms with Gasteiger partial charge in [-0.3, -0.25) is 4.79 Å². The summed E-state index contributed by atoms with van der Waals surface area (Å²) in [6, 6.07) is 13.5. The van der Waals surface area contributed by atoms with Crippen molar-refractivity contribution in [2.75, 3.05) is 5.73 Å².